The lowest BCUT2D eigenvalue weighted by Crippen LogP contribution is -1.89. The molecule has 0 radical (unpaired) electrons. The molecule has 90 valence electrons. The minimum absolute atomic E-state index is 0.441. The molecule has 0 fully saturated rings. The van der Waals surface area contributed by atoms with Gasteiger partial charge in [-0.05, 0) is 30.3 Å². The highest BCUT2D eigenvalue weighted by Gasteiger charge is 2.07. The third-order valence-electron chi connectivity index (χ3n) is 2.64. The second-order valence-electron chi connectivity index (χ2n) is 3.93. The average molecular weight is 260 g/mol. The molecule has 3 aromatic rings. The van der Waals surface area contributed by atoms with Crippen LogP contribution < -0.4 is 11.5 Å². The predicted molar refractivity (Wildman–Crippen MR) is 73.2 cm³/mol. The molecule has 6 heteroatoms. The number of hydrogen-bond acceptors (Lipinski definition) is 4. The van der Waals surface area contributed by atoms with Gasteiger partial charge in [0, 0.05) is 5.56 Å². The molecule has 0 saturated heterocycles. The van der Waals surface area contributed by atoms with Crippen molar-refractivity contribution < 1.29 is 0 Å². The number of benzene rings is 1. The van der Waals surface area contributed by atoms with E-state index in [0.29, 0.717) is 28.0 Å². The van der Waals surface area contributed by atoms with E-state index in [1.54, 1.807) is 18.2 Å². The van der Waals surface area contributed by atoms with Gasteiger partial charge in [0.2, 0.25) is 0 Å². The zero-order valence-corrected chi connectivity index (χ0v) is 10.1. The minimum atomic E-state index is 0.441. The first-order chi connectivity index (χ1) is 8.63. The summed E-state index contributed by atoms with van der Waals surface area (Å²) in [7, 11) is 0. The van der Waals surface area contributed by atoms with Crippen LogP contribution in [0.15, 0.2) is 30.3 Å². The number of aromatic nitrogens is 3. The molecular weight excluding hydrogens is 250 g/mol. The fraction of sp³-hybridized carbons (Fsp3) is 0. The van der Waals surface area contributed by atoms with Crippen molar-refractivity contribution in [3.8, 4) is 11.4 Å². The van der Waals surface area contributed by atoms with Gasteiger partial charge in [0.15, 0.2) is 5.65 Å². The molecule has 3 rings (SSSR count). The first kappa shape index (κ1) is 10.9. The molecule has 5 N–H and O–H groups in total. The van der Waals surface area contributed by atoms with Crippen LogP contribution in [0.3, 0.4) is 0 Å². The van der Waals surface area contributed by atoms with Gasteiger partial charge in [-0.3, -0.25) is 0 Å². The molecule has 0 amide bonds. The number of nitrogen functional groups attached to an aromatic ring is 2. The van der Waals surface area contributed by atoms with Gasteiger partial charge in [-0.15, -0.1) is 0 Å². The second-order valence-corrected chi connectivity index (χ2v) is 4.34. The highest BCUT2D eigenvalue weighted by atomic mass is 35.5. The van der Waals surface area contributed by atoms with E-state index in [1.165, 1.54) is 0 Å². The second kappa shape index (κ2) is 3.89. The van der Waals surface area contributed by atoms with Crippen LogP contribution in [0.4, 0.5) is 11.5 Å². The Labute approximate surface area is 108 Å². The van der Waals surface area contributed by atoms with Crippen LogP contribution in [0.25, 0.3) is 22.6 Å². The van der Waals surface area contributed by atoms with Gasteiger partial charge in [-0.1, -0.05) is 11.6 Å². The molecule has 2 aromatic heterocycles. The zero-order valence-electron chi connectivity index (χ0n) is 9.31. The predicted octanol–water partition coefficient (Wildman–Crippen LogP) is 2.44. The quantitative estimate of drug-likeness (QED) is 0.585. The number of pyridine rings is 1. The maximum Gasteiger partial charge on any atom is 0.180 e. The number of nitrogens with one attached hydrogen (secondary N) is 1. The Morgan fingerprint density at radius 2 is 1.89 bits per heavy atom. The fourth-order valence-corrected chi connectivity index (χ4v) is 1.85. The van der Waals surface area contributed by atoms with Crippen LogP contribution in [-0.4, -0.2) is 15.0 Å². The number of imidazole rings is 1. The summed E-state index contributed by atoms with van der Waals surface area (Å²) in [5.74, 6) is 1.13. The van der Waals surface area contributed by atoms with E-state index in [2.05, 4.69) is 15.0 Å². The summed E-state index contributed by atoms with van der Waals surface area (Å²) in [5.41, 5.74) is 14.2. The molecule has 5 nitrogen and oxygen atoms in total. The van der Waals surface area contributed by atoms with Crippen molar-refractivity contribution in [2.75, 3.05) is 11.5 Å². The number of hydrogen-bond donors (Lipinski definition) is 3. The van der Waals surface area contributed by atoms with Crippen molar-refractivity contribution in [2.45, 2.75) is 0 Å². The van der Waals surface area contributed by atoms with Crippen LogP contribution >= 0.6 is 11.6 Å². The number of halogens is 1. The van der Waals surface area contributed by atoms with E-state index in [4.69, 9.17) is 23.1 Å². The topological polar surface area (TPSA) is 93.6 Å². The number of H-pyrrole nitrogens is 1. The van der Waals surface area contributed by atoms with Gasteiger partial charge in [0.25, 0.3) is 0 Å². The van der Waals surface area contributed by atoms with Crippen molar-refractivity contribution in [2.24, 2.45) is 0 Å². The molecule has 0 aliphatic rings. The largest absolute Gasteiger partial charge is 0.398 e. The van der Waals surface area contributed by atoms with Gasteiger partial charge in [0.05, 0.1) is 16.2 Å². The lowest BCUT2D eigenvalue weighted by Gasteiger charge is -2.00. The number of rotatable bonds is 1. The van der Waals surface area contributed by atoms with Crippen LogP contribution in [0.5, 0.6) is 0 Å². The van der Waals surface area contributed by atoms with Gasteiger partial charge in [-0.2, -0.15) is 0 Å². The van der Waals surface area contributed by atoms with Crippen LogP contribution in [0.2, 0.25) is 5.02 Å². The number of anilines is 2. The molecular formula is C12H10ClN5. The highest BCUT2D eigenvalue weighted by molar-refractivity contribution is 6.33. The number of aromatic amines is 1. The molecule has 0 spiro atoms. The molecule has 0 unspecified atom stereocenters. The van der Waals surface area contributed by atoms with E-state index in [1.807, 2.05) is 12.1 Å². The molecule has 0 aliphatic carbocycles. The Kier molecular flexibility index (Phi) is 2.34. The summed E-state index contributed by atoms with van der Waals surface area (Å²) in [4.78, 5) is 11.7. The molecule has 0 bridgehead atoms. The van der Waals surface area contributed by atoms with Crippen LogP contribution in [-0.2, 0) is 0 Å². The van der Waals surface area contributed by atoms with E-state index in [-0.39, 0.29) is 0 Å². The van der Waals surface area contributed by atoms with E-state index >= 15 is 0 Å². The fourth-order valence-electron chi connectivity index (χ4n) is 1.74. The standard InChI is InChI=1S/C12H10ClN5/c13-7-2-1-6(5-8(7)14)11-16-9-3-4-10(15)17-12(9)18-11/h1-5H,14H2,(H3,15,16,17,18). The monoisotopic (exact) mass is 259 g/mol. The average Bonchev–Trinajstić information content (AvgIpc) is 2.75. The summed E-state index contributed by atoms with van der Waals surface area (Å²) in [6.07, 6.45) is 0. The van der Waals surface area contributed by atoms with Crippen molar-refractivity contribution >= 4 is 34.3 Å². The smallest absolute Gasteiger partial charge is 0.180 e. The zero-order chi connectivity index (χ0) is 12.7. The number of nitrogens with two attached hydrogens (primary N) is 2. The van der Waals surface area contributed by atoms with E-state index in [0.717, 1.165) is 11.1 Å². The highest BCUT2D eigenvalue weighted by Crippen LogP contribution is 2.26. The van der Waals surface area contributed by atoms with Crippen molar-refractivity contribution in [3.05, 3.63) is 35.4 Å². The summed E-state index contributed by atoms with van der Waals surface area (Å²) in [5, 5.41) is 0.525. The molecule has 2 heterocycles. The van der Waals surface area contributed by atoms with E-state index in [9.17, 15) is 0 Å². The third kappa shape index (κ3) is 1.74. The van der Waals surface area contributed by atoms with Gasteiger partial charge in [0.1, 0.15) is 11.6 Å². The lowest BCUT2D eigenvalue weighted by molar-refractivity contribution is 1.30. The van der Waals surface area contributed by atoms with Crippen LogP contribution in [0, 0.1) is 0 Å². The molecule has 0 atom stereocenters. The SMILES string of the molecule is Nc1ccc2[nH]c(-c3ccc(Cl)c(N)c3)nc2n1. The van der Waals surface area contributed by atoms with Crippen molar-refractivity contribution in [3.63, 3.8) is 0 Å². The molecule has 0 saturated carbocycles. The summed E-state index contributed by atoms with van der Waals surface area (Å²) in [6, 6.07) is 8.92. The summed E-state index contributed by atoms with van der Waals surface area (Å²) in [6.45, 7) is 0. The number of nitrogens with zero attached hydrogens (tertiary/aromatic N) is 2. The third-order valence-corrected chi connectivity index (χ3v) is 2.98. The molecule has 0 aliphatic heterocycles. The van der Waals surface area contributed by atoms with Gasteiger partial charge < -0.3 is 16.5 Å². The van der Waals surface area contributed by atoms with Gasteiger partial charge in [-0.25, -0.2) is 9.97 Å². The summed E-state index contributed by atoms with van der Waals surface area (Å²) >= 11 is 5.88. The first-order valence-corrected chi connectivity index (χ1v) is 5.69. The normalized spacial score (nSPS) is 10.9. The maximum atomic E-state index is 5.88. The Balaban J connectivity index is 2.16. The Hall–Kier alpha value is -2.27. The Morgan fingerprint density at radius 3 is 2.67 bits per heavy atom. The van der Waals surface area contributed by atoms with E-state index < -0.39 is 0 Å². The minimum Gasteiger partial charge on any atom is -0.398 e. The van der Waals surface area contributed by atoms with Gasteiger partial charge >= 0.3 is 0 Å². The summed E-state index contributed by atoms with van der Waals surface area (Å²) < 4.78 is 0. The molecule has 18 heavy (non-hydrogen) atoms. The molecule has 1 aromatic carbocycles. The maximum absolute atomic E-state index is 5.88. The number of fused-ring (bicyclic) bond motifs is 1. The Bertz CT molecular complexity index is 734. The first-order valence-electron chi connectivity index (χ1n) is 5.31. The Morgan fingerprint density at radius 1 is 1.06 bits per heavy atom. The van der Waals surface area contributed by atoms with Crippen molar-refractivity contribution in [1.82, 2.24) is 15.0 Å². The lowest BCUT2D eigenvalue weighted by atomic mass is 10.2. The van der Waals surface area contributed by atoms with Crippen molar-refractivity contribution in [1.29, 1.82) is 0 Å². The van der Waals surface area contributed by atoms with Crippen LogP contribution in [0.1, 0.15) is 0 Å².